The highest BCUT2D eigenvalue weighted by Gasteiger charge is 2.34. The summed E-state index contributed by atoms with van der Waals surface area (Å²) in [6.45, 7) is 2.17. The van der Waals surface area contributed by atoms with E-state index in [1.54, 1.807) is 0 Å². The lowest BCUT2D eigenvalue weighted by Gasteiger charge is -2.20. The molecule has 1 saturated carbocycles. The highest BCUT2D eigenvalue weighted by Crippen LogP contribution is 2.28. The summed E-state index contributed by atoms with van der Waals surface area (Å²) in [5.74, 6) is 0. The molecule has 4 heteroatoms. The first-order chi connectivity index (χ1) is 9.00. The average Bonchev–Trinajstić information content (AvgIpc) is 2.80. The molecule has 1 aliphatic rings. The summed E-state index contributed by atoms with van der Waals surface area (Å²) in [7, 11) is -2.95. The Bertz CT molecular complexity index is 507. The number of hydrogen-bond donors (Lipinski definition) is 1. The van der Waals surface area contributed by atoms with Crippen molar-refractivity contribution in [1.29, 1.82) is 0 Å². The molecule has 106 valence electrons. The lowest BCUT2D eigenvalue weighted by Crippen LogP contribution is -2.34. The van der Waals surface area contributed by atoms with Crippen LogP contribution in [0, 0.1) is 0 Å². The van der Waals surface area contributed by atoms with Crippen molar-refractivity contribution in [3.05, 3.63) is 29.8 Å². The van der Waals surface area contributed by atoms with E-state index in [0.717, 1.165) is 37.8 Å². The maximum Gasteiger partial charge on any atom is 0.152 e. The maximum atomic E-state index is 11.7. The van der Waals surface area contributed by atoms with Gasteiger partial charge in [-0.25, -0.2) is 8.42 Å². The minimum absolute atomic E-state index is 0.0621. The second-order valence-corrected chi connectivity index (χ2v) is 7.76. The summed E-state index contributed by atoms with van der Waals surface area (Å²) in [4.78, 5) is 0. The van der Waals surface area contributed by atoms with E-state index in [1.165, 1.54) is 11.8 Å². The zero-order chi connectivity index (χ0) is 13.9. The van der Waals surface area contributed by atoms with E-state index in [0.29, 0.717) is 0 Å². The fourth-order valence-electron chi connectivity index (χ4n) is 2.87. The third-order valence-corrected chi connectivity index (χ3v) is 5.51. The highest BCUT2D eigenvalue weighted by atomic mass is 32.2. The van der Waals surface area contributed by atoms with Crippen LogP contribution in [0.3, 0.4) is 0 Å². The number of hydrogen-bond acceptors (Lipinski definition) is 3. The standard InChI is InChI=1S/C15H23NO2S/c1-3-5-12-8-10-13(11-9-12)16-14-6-4-7-15(14)19(2,17)18/h8-11,14-16H,3-7H2,1-2H3. The number of benzene rings is 1. The first kappa shape index (κ1) is 14.4. The van der Waals surface area contributed by atoms with Crippen LogP contribution in [0.2, 0.25) is 0 Å². The van der Waals surface area contributed by atoms with Crippen LogP contribution >= 0.6 is 0 Å². The lowest BCUT2D eigenvalue weighted by molar-refractivity contribution is 0.579. The second kappa shape index (κ2) is 5.95. The average molecular weight is 281 g/mol. The van der Waals surface area contributed by atoms with Gasteiger partial charge in [-0.05, 0) is 43.4 Å². The van der Waals surface area contributed by atoms with Crippen molar-refractivity contribution in [2.45, 2.75) is 50.3 Å². The largest absolute Gasteiger partial charge is 0.381 e. The predicted octanol–water partition coefficient (Wildman–Crippen LogP) is 3.02. The summed E-state index contributed by atoms with van der Waals surface area (Å²) in [6.07, 6.45) is 6.30. The van der Waals surface area contributed by atoms with E-state index >= 15 is 0 Å². The minimum Gasteiger partial charge on any atom is -0.381 e. The lowest BCUT2D eigenvalue weighted by atomic mass is 10.1. The molecule has 1 aromatic rings. The van der Waals surface area contributed by atoms with Crippen molar-refractivity contribution in [1.82, 2.24) is 0 Å². The van der Waals surface area contributed by atoms with Gasteiger partial charge in [-0.2, -0.15) is 0 Å². The minimum atomic E-state index is -2.95. The van der Waals surface area contributed by atoms with Gasteiger partial charge in [0.1, 0.15) is 0 Å². The number of nitrogens with one attached hydrogen (secondary N) is 1. The third-order valence-electron chi connectivity index (χ3n) is 3.85. The van der Waals surface area contributed by atoms with Crippen LogP contribution in [0.1, 0.15) is 38.2 Å². The van der Waals surface area contributed by atoms with Gasteiger partial charge in [0.25, 0.3) is 0 Å². The molecule has 0 radical (unpaired) electrons. The molecule has 1 fully saturated rings. The zero-order valence-electron chi connectivity index (χ0n) is 11.7. The molecule has 0 saturated heterocycles. The summed E-state index contributed by atoms with van der Waals surface area (Å²) in [5, 5.41) is 3.15. The molecular formula is C15H23NO2S. The maximum absolute atomic E-state index is 11.7. The molecule has 2 atom stereocenters. The van der Waals surface area contributed by atoms with Crippen LogP contribution in [-0.2, 0) is 16.3 Å². The molecule has 1 N–H and O–H groups in total. The van der Waals surface area contributed by atoms with Crippen LogP contribution in [-0.4, -0.2) is 26.0 Å². The third kappa shape index (κ3) is 3.72. The molecule has 0 heterocycles. The van der Waals surface area contributed by atoms with Gasteiger partial charge < -0.3 is 5.32 Å². The van der Waals surface area contributed by atoms with Gasteiger partial charge in [0, 0.05) is 18.0 Å². The van der Waals surface area contributed by atoms with Crippen molar-refractivity contribution in [3.63, 3.8) is 0 Å². The Kier molecular flexibility index (Phi) is 4.50. The molecular weight excluding hydrogens is 258 g/mol. The van der Waals surface area contributed by atoms with E-state index in [-0.39, 0.29) is 11.3 Å². The van der Waals surface area contributed by atoms with Gasteiger partial charge in [0.2, 0.25) is 0 Å². The fraction of sp³-hybridized carbons (Fsp3) is 0.600. The highest BCUT2D eigenvalue weighted by molar-refractivity contribution is 7.91. The van der Waals surface area contributed by atoms with Crippen LogP contribution < -0.4 is 5.32 Å². The van der Waals surface area contributed by atoms with Gasteiger partial charge in [0.05, 0.1) is 5.25 Å². The number of rotatable bonds is 5. The van der Waals surface area contributed by atoms with E-state index in [9.17, 15) is 8.42 Å². The van der Waals surface area contributed by atoms with E-state index in [4.69, 9.17) is 0 Å². The first-order valence-corrected chi connectivity index (χ1v) is 9.00. The smallest absolute Gasteiger partial charge is 0.152 e. The SMILES string of the molecule is CCCc1ccc(NC2CCCC2S(C)(=O)=O)cc1. The normalized spacial score (nSPS) is 23.5. The Morgan fingerprint density at radius 1 is 1.21 bits per heavy atom. The Balaban J connectivity index is 2.04. The van der Waals surface area contributed by atoms with E-state index < -0.39 is 9.84 Å². The molecule has 2 rings (SSSR count). The van der Waals surface area contributed by atoms with Crippen LogP contribution in [0.5, 0.6) is 0 Å². The summed E-state index contributed by atoms with van der Waals surface area (Å²) in [5.41, 5.74) is 2.36. The number of sulfone groups is 1. The summed E-state index contributed by atoms with van der Waals surface area (Å²) < 4.78 is 23.5. The quantitative estimate of drug-likeness (QED) is 0.902. The van der Waals surface area contributed by atoms with Gasteiger partial charge in [-0.15, -0.1) is 0 Å². The molecule has 1 aliphatic carbocycles. The van der Waals surface area contributed by atoms with Gasteiger partial charge in [-0.3, -0.25) is 0 Å². The molecule has 19 heavy (non-hydrogen) atoms. The second-order valence-electron chi connectivity index (χ2n) is 5.50. The van der Waals surface area contributed by atoms with Crippen LogP contribution in [0.25, 0.3) is 0 Å². The van der Waals surface area contributed by atoms with E-state index in [2.05, 4.69) is 36.5 Å². The van der Waals surface area contributed by atoms with Crippen molar-refractivity contribution in [2.24, 2.45) is 0 Å². The Hall–Kier alpha value is -1.03. The Morgan fingerprint density at radius 2 is 1.89 bits per heavy atom. The molecule has 0 aromatic heterocycles. The van der Waals surface area contributed by atoms with Crippen LogP contribution in [0.15, 0.2) is 24.3 Å². The van der Waals surface area contributed by atoms with Gasteiger partial charge in [0.15, 0.2) is 9.84 Å². The Morgan fingerprint density at radius 3 is 2.47 bits per heavy atom. The molecule has 0 amide bonds. The zero-order valence-corrected chi connectivity index (χ0v) is 12.5. The number of aryl methyl sites for hydroxylation is 1. The van der Waals surface area contributed by atoms with Crippen molar-refractivity contribution >= 4 is 15.5 Å². The monoisotopic (exact) mass is 281 g/mol. The molecule has 1 aromatic carbocycles. The first-order valence-electron chi connectivity index (χ1n) is 7.05. The summed E-state index contributed by atoms with van der Waals surface area (Å²) >= 11 is 0. The molecule has 2 unspecified atom stereocenters. The molecule has 0 spiro atoms. The van der Waals surface area contributed by atoms with Gasteiger partial charge in [-0.1, -0.05) is 25.5 Å². The van der Waals surface area contributed by atoms with Gasteiger partial charge >= 0.3 is 0 Å². The molecule has 0 aliphatic heterocycles. The van der Waals surface area contributed by atoms with Crippen molar-refractivity contribution in [3.8, 4) is 0 Å². The predicted molar refractivity (Wildman–Crippen MR) is 80.3 cm³/mol. The Labute approximate surface area is 116 Å². The topological polar surface area (TPSA) is 46.2 Å². The fourth-order valence-corrected chi connectivity index (χ4v) is 4.27. The number of anilines is 1. The van der Waals surface area contributed by atoms with Crippen molar-refractivity contribution in [2.75, 3.05) is 11.6 Å². The van der Waals surface area contributed by atoms with Crippen molar-refractivity contribution < 1.29 is 8.42 Å². The molecule has 0 bridgehead atoms. The van der Waals surface area contributed by atoms with Crippen LogP contribution in [0.4, 0.5) is 5.69 Å². The molecule has 3 nitrogen and oxygen atoms in total. The van der Waals surface area contributed by atoms with E-state index in [1.807, 2.05) is 0 Å². The summed E-state index contributed by atoms with van der Waals surface area (Å²) in [6, 6.07) is 8.42.